The monoisotopic (exact) mass is 431 g/mol. The van der Waals surface area contributed by atoms with E-state index in [4.69, 9.17) is 21.1 Å². The van der Waals surface area contributed by atoms with Gasteiger partial charge in [-0.2, -0.15) is 13.2 Å². The third-order valence-corrected chi connectivity index (χ3v) is 4.00. The van der Waals surface area contributed by atoms with E-state index >= 15 is 0 Å². The summed E-state index contributed by atoms with van der Waals surface area (Å²) in [5, 5.41) is 2.50. The number of aromatic nitrogens is 1. The molecule has 0 aliphatic carbocycles. The minimum absolute atomic E-state index is 0.0662. The van der Waals surface area contributed by atoms with Crippen molar-refractivity contribution in [3.05, 3.63) is 41.0 Å². The van der Waals surface area contributed by atoms with Gasteiger partial charge in [-0.25, -0.2) is 4.98 Å². The molecule has 1 aromatic carbocycles. The first-order valence-electron chi connectivity index (χ1n) is 8.79. The number of benzene rings is 1. The fraction of sp³-hybridized carbons (Fsp3) is 0.368. The first-order chi connectivity index (χ1) is 13.7. The number of amides is 1. The molecule has 1 aromatic heterocycles. The molecule has 29 heavy (non-hydrogen) atoms. The Bertz CT molecular complexity index is 862. The van der Waals surface area contributed by atoms with Crippen LogP contribution in [0.3, 0.4) is 0 Å². The predicted octanol–water partition coefficient (Wildman–Crippen LogP) is 4.63. The van der Waals surface area contributed by atoms with Gasteiger partial charge in [-0.15, -0.1) is 0 Å². The van der Waals surface area contributed by atoms with E-state index in [9.17, 15) is 18.0 Å². The van der Waals surface area contributed by atoms with Crippen LogP contribution in [0.25, 0.3) is 0 Å². The zero-order valence-electron chi connectivity index (χ0n) is 16.1. The van der Waals surface area contributed by atoms with Gasteiger partial charge in [0.25, 0.3) is 0 Å². The van der Waals surface area contributed by atoms with E-state index in [0.29, 0.717) is 36.6 Å². The van der Waals surface area contributed by atoms with Gasteiger partial charge in [0.2, 0.25) is 5.91 Å². The summed E-state index contributed by atoms with van der Waals surface area (Å²) in [5.74, 6) is 0.714. The number of halogens is 4. The van der Waals surface area contributed by atoms with E-state index in [2.05, 4.69) is 10.3 Å². The summed E-state index contributed by atoms with van der Waals surface area (Å²) < 4.78 is 49.1. The fourth-order valence-corrected chi connectivity index (χ4v) is 2.80. The molecule has 0 fully saturated rings. The maximum atomic E-state index is 12.7. The molecule has 2 rings (SSSR count). The highest BCUT2D eigenvalue weighted by Gasteiger charge is 2.32. The van der Waals surface area contributed by atoms with Crippen LogP contribution >= 0.6 is 11.6 Å². The largest absolute Gasteiger partial charge is 0.490 e. The van der Waals surface area contributed by atoms with E-state index in [1.807, 2.05) is 13.8 Å². The Morgan fingerprint density at radius 2 is 1.83 bits per heavy atom. The van der Waals surface area contributed by atoms with E-state index in [0.717, 1.165) is 6.07 Å². The van der Waals surface area contributed by atoms with Crippen LogP contribution in [0.1, 0.15) is 19.4 Å². The normalized spacial score (nSPS) is 11.1. The lowest BCUT2D eigenvalue weighted by atomic mass is 10.2. The van der Waals surface area contributed by atoms with Gasteiger partial charge in [0, 0.05) is 25.0 Å². The highest BCUT2D eigenvalue weighted by atomic mass is 35.5. The van der Waals surface area contributed by atoms with Gasteiger partial charge in [-0.05, 0) is 32.0 Å². The van der Waals surface area contributed by atoms with Crippen molar-refractivity contribution in [3.63, 3.8) is 0 Å². The number of hydrogen-bond acceptors (Lipinski definition) is 5. The number of alkyl halides is 3. The van der Waals surface area contributed by atoms with E-state index < -0.39 is 17.6 Å². The van der Waals surface area contributed by atoms with Crippen LogP contribution in [0.4, 0.5) is 24.7 Å². The number of nitrogens with one attached hydrogen (secondary N) is 1. The first kappa shape index (κ1) is 22.6. The Morgan fingerprint density at radius 3 is 2.41 bits per heavy atom. The first-order valence-corrected chi connectivity index (χ1v) is 9.16. The molecule has 158 valence electrons. The summed E-state index contributed by atoms with van der Waals surface area (Å²) in [6.07, 6.45) is -3.87. The van der Waals surface area contributed by atoms with Crippen LogP contribution in [0.15, 0.2) is 30.5 Å². The molecule has 0 atom stereocenters. The molecule has 1 N–H and O–H groups in total. The van der Waals surface area contributed by atoms with Gasteiger partial charge in [-0.1, -0.05) is 11.6 Å². The van der Waals surface area contributed by atoms with Crippen LogP contribution in [0.5, 0.6) is 11.5 Å². The van der Waals surface area contributed by atoms with Crippen LogP contribution < -0.4 is 19.7 Å². The second-order valence-corrected chi connectivity index (χ2v) is 6.37. The molecule has 0 aliphatic heterocycles. The predicted molar refractivity (Wildman–Crippen MR) is 105 cm³/mol. The van der Waals surface area contributed by atoms with Crippen molar-refractivity contribution in [1.29, 1.82) is 0 Å². The summed E-state index contributed by atoms with van der Waals surface area (Å²) in [6, 6.07) is 5.76. The zero-order valence-corrected chi connectivity index (χ0v) is 16.9. The quantitative estimate of drug-likeness (QED) is 0.660. The van der Waals surface area contributed by atoms with Crippen molar-refractivity contribution in [2.24, 2.45) is 0 Å². The number of hydrogen-bond donors (Lipinski definition) is 1. The number of rotatable bonds is 8. The number of anilines is 2. The van der Waals surface area contributed by atoms with Crippen molar-refractivity contribution >= 4 is 29.0 Å². The fourth-order valence-electron chi connectivity index (χ4n) is 2.49. The second kappa shape index (κ2) is 9.69. The van der Waals surface area contributed by atoms with Gasteiger partial charge in [0.15, 0.2) is 11.5 Å². The van der Waals surface area contributed by atoms with Gasteiger partial charge in [0.05, 0.1) is 30.3 Å². The second-order valence-electron chi connectivity index (χ2n) is 5.96. The molecule has 10 heteroatoms. The molecule has 1 heterocycles. The summed E-state index contributed by atoms with van der Waals surface area (Å²) in [6.45, 7) is 4.41. The highest BCUT2D eigenvalue weighted by Crippen LogP contribution is 2.33. The van der Waals surface area contributed by atoms with Crippen molar-refractivity contribution in [1.82, 2.24) is 4.98 Å². The summed E-state index contributed by atoms with van der Waals surface area (Å²) in [5.41, 5.74) is -0.469. The van der Waals surface area contributed by atoms with E-state index in [-0.39, 0.29) is 17.4 Å². The van der Waals surface area contributed by atoms with Crippen LogP contribution in [-0.4, -0.2) is 37.7 Å². The minimum atomic E-state index is -4.54. The zero-order chi connectivity index (χ0) is 21.6. The molecule has 6 nitrogen and oxygen atoms in total. The van der Waals surface area contributed by atoms with Crippen LogP contribution in [0.2, 0.25) is 5.02 Å². The highest BCUT2D eigenvalue weighted by molar-refractivity contribution is 6.33. The Morgan fingerprint density at radius 1 is 1.17 bits per heavy atom. The molecule has 0 radical (unpaired) electrons. The van der Waals surface area contributed by atoms with Gasteiger partial charge >= 0.3 is 6.18 Å². The number of carbonyl (C=O) groups excluding carboxylic acids is 1. The minimum Gasteiger partial charge on any atom is -0.490 e. The molecule has 0 bridgehead atoms. The number of carbonyl (C=O) groups is 1. The van der Waals surface area contributed by atoms with Gasteiger partial charge in [-0.3, -0.25) is 4.79 Å². The summed E-state index contributed by atoms with van der Waals surface area (Å²) >= 11 is 5.91. The van der Waals surface area contributed by atoms with Crippen LogP contribution in [-0.2, 0) is 11.0 Å². The standard InChI is InChI=1S/C19H21ClF3N3O3/c1-4-28-15-7-6-13(9-16(15)29-5-2)25-17(27)11-26(3)18-14(20)8-12(10-24-18)19(21,22)23/h6-10H,4-5,11H2,1-3H3,(H,25,27). The van der Waals surface area contributed by atoms with Gasteiger partial charge in [0.1, 0.15) is 5.82 Å². The SMILES string of the molecule is CCOc1ccc(NC(=O)CN(C)c2ncc(C(F)(F)F)cc2Cl)cc1OCC. The lowest BCUT2D eigenvalue weighted by Crippen LogP contribution is -2.31. The molecular weight excluding hydrogens is 411 g/mol. The Hall–Kier alpha value is -2.68. The summed E-state index contributed by atoms with van der Waals surface area (Å²) in [4.78, 5) is 17.4. The molecule has 0 aliphatic rings. The molecule has 1 amide bonds. The van der Waals surface area contributed by atoms with Crippen LogP contribution in [0, 0.1) is 0 Å². The van der Waals surface area contributed by atoms with Crippen molar-refractivity contribution in [2.45, 2.75) is 20.0 Å². The number of pyridine rings is 1. The topological polar surface area (TPSA) is 63.7 Å². The summed E-state index contributed by atoms with van der Waals surface area (Å²) in [7, 11) is 1.50. The lowest BCUT2D eigenvalue weighted by molar-refractivity contribution is -0.137. The average Bonchev–Trinajstić information content (AvgIpc) is 2.63. The molecule has 0 saturated carbocycles. The Kier molecular flexibility index (Phi) is 7.55. The Balaban J connectivity index is 2.08. The number of nitrogens with zero attached hydrogens (tertiary/aromatic N) is 2. The van der Waals surface area contributed by atoms with Gasteiger partial charge < -0.3 is 19.7 Å². The lowest BCUT2D eigenvalue weighted by Gasteiger charge is -2.20. The third kappa shape index (κ3) is 6.15. The molecular formula is C19H21ClF3N3O3. The maximum Gasteiger partial charge on any atom is 0.417 e. The van der Waals surface area contributed by atoms with Crippen molar-refractivity contribution in [2.75, 3.05) is 37.0 Å². The van der Waals surface area contributed by atoms with E-state index in [1.54, 1.807) is 18.2 Å². The third-order valence-electron chi connectivity index (χ3n) is 3.72. The molecule has 2 aromatic rings. The van der Waals surface area contributed by atoms with Crippen molar-refractivity contribution in [3.8, 4) is 11.5 Å². The smallest absolute Gasteiger partial charge is 0.417 e. The average molecular weight is 432 g/mol. The molecule has 0 saturated heterocycles. The maximum absolute atomic E-state index is 12.7. The molecule has 0 unspecified atom stereocenters. The Labute approximate surface area is 171 Å². The number of likely N-dealkylation sites (N-methyl/N-ethyl adjacent to an activating group) is 1. The van der Waals surface area contributed by atoms with E-state index in [1.165, 1.54) is 11.9 Å². The number of ether oxygens (including phenoxy) is 2. The van der Waals surface area contributed by atoms with Crippen molar-refractivity contribution < 1.29 is 27.4 Å². The molecule has 0 spiro atoms.